The number of unbranched alkanes of at least 4 members (excludes halogenated alkanes) is 7. The van der Waals surface area contributed by atoms with Gasteiger partial charge in [0.1, 0.15) is 6.10 Å². The first-order valence-electron chi connectivity index (χ1n) is 8.40. The molecule has 0 aromatic rings. The first-order chi connectivity index (χ1) is 9.26. The number of rotatable bonds is 14. The van der Waals surface area contributed by atoms with Crippen LogP contribution in [-0.2, 0) is 9.53 Å². The van der Waals surface area contributed by atoms with Crippen LogP contribution in [0.5, 0.6) is 0 Å². The Balaban J connectivity index is 3.50. The Morgan fingerprint density at radius 2 is 1.42 bits per heavy atom. The van der Waals surface area contributed by atoms with Crippen molar-refractivity contribution in [3.05, 3.63) is 0 Å². The standard InChI is InChI=1S/C17H34O2/c1-4-7-8-9-10-11-12-13-15-16(18)17(14-5-2)19-6-3/h17H,4-15H2,1-3H3. The molecule has 0 amide bonds. The van der Waals surface area contributed by atoms with Gasteiger partial charge in [0.2, 0.25) is 0 Å². The van der Waals surface area contributed by atoms with Crippen molar-refractivity contribution in [2.24, 2.45) is 0 Å². The number of ketones is 1. The zero-order valence-electron chi connectivity index (χ0n) is 13.4. The molecule has 19 heavy (non-hydrogen) atoms. The third-order valence-electron chi connectivity index (χ3n) is 3.55. The van der Waals surface area contributed by atoms with E-state index in [2.05, 4.69) is 13.8 Å². The lowest BCUT2D eigenvalue weighted by molar-refractivity contribution is -0.130. The topological polar surface area (TPSA) is 26.3 Å². The van der Waals surface area contributed by atoms with Crippen molar-refractivity contribution in [1.82, 2.24) is 0 Å². The smallest absolute Gasteiger partial charge is 0.161 e. The Morgan fingerprint density at radius 1 is 0.842 bits per heavy atom. The van der Waals surface area contributed by atoms with E-state index in [9.17, 15) is 4.79 Å². The second-order valence-corrected chi connectivity index (χ2v) is 5.42. The maximum absolute atomic E-state index is 12.0. The molecule has 1 atom stereocenters. The zero-order valence-corrected chi connectivity index (χ0v) is 13.4. The number of ether oxygens (including phenoxy) is 1. The molecule has 2 heteroatoms. The molecule has 0 fully saturated rings. The summed E-state index contributed by atoms with van der Waals surface area (Å²) >= 11 is 0. The van der Waals surface area contributed by atoms with E-state index in [4.69, 9.17) is 4.74 Å². The van der Waals surface area contributed by atoms with Crippen molar-refractivity contribution in [3.63, 3.8) is 0 Å². The minimum absolute atomic E-state index is 0.139. The predicted octanol–water partition coefficient (Wildman–Crippen LogP) is 5.29. The minimum atomic E-state index is -0.139. The van der Waals surface area contributed by atoms with E-state index in [-0.39, 0.29) is 6.10 Å². The first kappa shape index (κ1) is 18.6. The molecule has 0 aliphatic carbocycles. The predicted molar refractivity (Wildman–Crippen MR) is 82.6 cm³/mol. The maximum Gasteiger partial charge on any atom is 0.161 e. The highest BCUT2D eigenvalue weighted by Gasteiger charge is 2.16. The summed E-state index contributed by atoms with van der Waals surface area (Å²) in [6, 6.07) is 0. The third-order valence-corrected chi connectivity index (χ3v) is 3.55. The van der Waals surface area contributed by atoms with E-state index in [1.54, 1.807) is 0 Å². The second-order valence-electron chi connectivity index (χ2n) is 5.42. The summed E-state index contributed by atoms with van der Waals surface area (Å²) in [7, 11) is 0. The van der Waals surface area contributed by atoms with Gasteiger partial charge in [-0.1, -0.05) is 65.2 Å². The monoisotopic (exact) mass is 270 g/mol. The van der Waals surface area contributed by atoms with Gasteiger partial charge in [0.25, 0.3) is 0 Å². The fourth-order valence-corrected chi connectivity index (χ4v) is 2.39. The number of carbonyl (C=O) groups is 1. The van der Waals surface area contributed by atoms with Gasteiger partial charge in [0.05, 0.1) is 0 Å². The summed E-state index contributed by atoms with van der Waals surface area (Å²) < 4.78 is 5.52. The highest BCUT2D eigenvalue weighted by molar-refractivity contribution is 5.82. The van der Waals surface area contributed by atoms with Gasteiger partial charge in [0, 0.05) is 13.0 Å². The Labute approximate surface area is 120 Å². The van der Waals surface area contributed by atoms with Crippen molar-refractivity contribution >= 4 is 5.78 Å². The third kappa shape index (κ3) is 11.2. The maximum atomic E-state index is 12.0. The fraction of sp³-hybridized carbons (Fsp3) is 0.941. The van der Waals surface area contributed by atoms with Crippen molar-refractivity contribution in [2.75, 3.05) is 6.61 Å². The number of Topliss-reactive ketones (excluding diaryl/α,β-unsaturated/α-hetero) is 1. The highest BCUT2D eigenvalue weighted by Crippen LogP contribution is 2.12. The molecule has 0 aliphatic heterocycles. The van der Waals surface area contributed by atoms with Gasteiger partial charge in [-0.15, -0.1) is 0 Å². The fourth-order valence-electron chi connectivity index (χ4n) is 2.39. The van der Waals surface area contributed by atoms with Gasteiger partial charge in [-0.2, -0.15) is 0 Å². The molecular weight excluding hydrogens is 236 g/mol. The Bertz CT molecular complexity index is 195. The highest BCUT2D eigenvalue weighted by atomic mass is 16.5. The first-order valence-corrected chi connectivity index (χ1v) is 8.40. The van der Waals surface area contributed by atoms with Crippen LogP contribution >= 0.6 is 0 Å². The molecule has 0 saturated heterocycles. The molecule has 0 N–H and O–H groups in total. The summed E-state index contributed by atoms with van der Waals surface area (Å²) in [5.74, 6) is 0.315. The summed E-state index contributed by atoms with van der Waals surface area (Å²) in [5.41, 5.74) is 0. The van der Waals surface area contributed by atoms with Crippen molar-refractivity contribution in [3.8, 4) is 0 Å². The molecule has 0 bridgehead atoms. The molecule has 0 heterocycles. The molecule has 0 rings (SSSR count). The molecule has 0 aromatic heterocycles. The van der Waals surface area contributed by atoms with Gasteiger partial charge in [-0.05, 0) is 19.8 Å². The lowest BCUT2D eigenvalue weighted by Crippen LogP contribution is -2.24. The normalized spacial score (nSPS) is 12.6. The van der Waals surface area contributed by atoms with Crippen LogP contribution in [0.15, 0.2) is 0 Å². The number of carbonyl (C=O) groups excluding carboxylic acids is 1. The van der Waals surface area contributed by atoms with Crippen LogP contribution in [0.4, 0.5) is 0 Å². The van der Waals surface area contributed by atoms with Crippen LogP contribution < -0.4 is 0 Å². The van der Waals surface area contributed by atoms with Gasteiger partial charge in [-0.25, -0.2) is 0 Å². The van der Waals surface area contributed by atoms with E-state index in [1.807, 2.05) is 6.92 Å². The van der Waals surface area contributed by atoms with Crippen LogP contribution in [0.25, 0.3) is 0 Å². The average Bonchev–Trinajstić information content (AvgIpc) is 2.41. The summed E-state index contributed by atoms with van der Waals surface area (Å²) in [6.07, 6.45) is 12.7. The Morgan fingerprint density at radius 3 is 1.95 bits per heavy atom. The summed E-state index contributed by atoms with van der Waals surface area (Å²) in [5, 5.41) is 0. The van der Waals surface area contributed by atoms with Crippen molar-refractivity contribution < 1.29 is 9.53 Å². The van der Waals surface area contributed by atoms with Crippen LogP contribution in [0, 0.1) is 0 Å². The molecule has 0 spiro atoms. The second kappa shape index (κ2) is 14.0. The summed E-state index contributed by atoms with van der Waals surface area (Å²) in [6.45, 7) is 6.96. The van der Waals surface area contributed by atoms with Crippen LogP contribution in [-0.4, -0.2) is 18.5 Å². The summed E-state index contributed by atoms with van der Waals surface area (Å²) in [4.78, 5) is 12.0. The van der Waals surface area contributed by atoms with Gasteiger partial charge in [0.15, 0.2) is 5.78 Å². The molecule has 0 aliphatic rings. The zero-order chi connectivity index (χ0) is 14.3. The molecule has 114 valence electrons. The quantitative estimate of drug-likeness (QED) is 0.401. The SMILES string of the molecule is CCCCCCCCCCC(=O)C(CCC)OCC. The molecule has 0 aromatic carbocycles. The van der Waals surface area contributed by atoms with E-state index in [0.29, 0.717) is 18.8 Å². The van der Waals surface area contributed by atoms with E-state index in [0.717, 1.165) is 19.3 Å². The van der Waals surface area contributed by atoms with Gasteiger partial charge >= 0.3 is 0 Å². The minimum Gasteiger partial charge on any atom is -0.371 e. The van der Waals surface area contributed by atoms with Crippen molar-refractivity contribution in [2.45, 2.75) is 97.5 Å². The molecule has 1 unspecified atom stereocenters. The Kier molecular flexibility index (Phi) is 13.8. The largest absolute Gasteiger partial charge is 0.371 e. The lowest BCUT2D eigenvalue weighted by atomic mass is 10.0. The number of hydrogen-bond acceptors (Lipinski definition) is 2. The van der Waals surface area contributed by atoms with Gasteiger partial charge < -0.3 is 4.74 Å². The molecule has 2 nitrogen and oxygen atoms in total. The van der Waals surface area contributed by atoms with Gasteiger partial charge in [-0.3, -0.25) is 4.79 Å². The average molecular weight is 270 g/mol. The van der Waals surface area contributed by atoms with Crippen LogP contribution in [0.1, 0.15) is 91.4 Å². The van der Waals surface area contributed by atoms with E-state index in [1.165, 1.54) is 44.9 Å². The van der Waals surface area contributed by atoms with Crippen molar-refractivity contribution in [1.29, 1.82) is 0 Å². The number of hydrogen-bond donors (Lipinski definition) is 0. The van der Waals surface area contributed by atoms with Crippen LogP contribution in [0.3, 0.4) is 0 Å². The molecule has 0 saturated carbocycles. The molecule has 0 radical (unpaired) electrons. The lowest BCUT2D eigenvalue weighted by Gasteiger charge is -2.14. The Hall–Kier alpha value is -0.370. The van der Waals surface area contributed by atoms with Crippen LogP contribution in [0.2, 0.25) is 0 Å². The molecular formula is C17H34O2. The van der Waals surface area contributed by atoms with E-state index >= 15 is 0 Å². The van der Waals surface area contributed by atoms with E-state index < -0.39 is 0 Å².